The summed E-state index contributed by atoms with van der Waals surface area (Å²) in [6.45, 7) is 0.600. The quantitative estimate of drug-likeness (QED) is 0.638. The number of aromatic amines is 1. The second-order valence-corrected chi connectivity index (χ2v) is 3.90. The first-order valence-corrected chi connectivity index (χ1v) is 5.07. The first-order valence-electron chi connectivity index (χ1n) is 5.07. The molecule has 1 heterocycles. The second-order valence-electron chi connectivity index (χ2n) is 3.90. The Balaban J connectivity index is 1.76. The zero-order valence-electron chi connectivity index (χ0n) is 8.31. The van der Waals surface area contributed by atoms with Crippen LogP contribution < -0.4 is 5.32 Å². The van der Waals surface area contributed by atoms with Crippen molar-refractivity contribution >= 4 is 5.91 Å². The molecular formula is C9H14N4O2. The highest BCUT2D eigenvalue weighted by atomic mass is 16.3. The number of nitrogens with zero attached hydrogens (tertiary/aromatic N) is 2. The fourth-order valence-corrected chi connectivity index (χ4v) is 1.87. The van der Waals surface area contributed by atoms with E-state index in [1.54, 1.807) is 0 Å². The van der Waals surface area contributed by atoms with Gasteiger partial charge in [0.25, 0.3) is 5.91 Å². The Hall–Kier alpha value is -1.43. The molecule has 1 aromatic heterocycles. The Kier molecular flexibility index (Phi) is 2.96. The Bertz CT molecular complexity index is 325. The smallest absolute Gasteiger partial charge is 0.273 e. The van der Waals surface area contributed by atoms with Crippen molar-refractivity contribution in [2.75, 3.05) is 6.54 Å². The number of rotatable bonds is 3. The predicted molar refractivity (Wildman–Crippen MR) is 52.1 cm³/mol. The molecule has 0 radical (unpaired) electrons. The van der Waals surface area contributed by atoms with Gasteiger partial charge in [-0.2, -0.15) is 15.4 Å². The maximum Gasteiger partial charge on any atom is 0.273 e. The highest BCUT2D eigenvalue weighted by molar-refractivity contribution is 5.91. The summed E-state index contributed by atoms with van der Waals surface area (Å²) in [5.41, 5.74) is 0.300. The molecule has 0 aliphatic heterocycles. The number of carbonyl (C=O) groups excluding carboxylic acids is 1. The van der Waals surface area contributed by atoms with E-state index in [1.807, 2.05) is 0 Å². The van der Waals surface area contributed by atoms with Crippen molar-refractivity contribution in [1.82, 2.24) is 20.7 Å². The molecule has 0 aromatic carbocycles. The van der Waals surface area contributed by atoms with Crippen molar-refractivity contribution in [2.45, 2.75) is 25.4 Å². The largest absolute Gasteiger partial charge is 0.393 e. The van der Waals surface area contributed by atoms with Gasteiger partial charge in [-0.3, -0.25) is 4.79 Å². The summed E-state index contributed by atoms with van der Waals surface area (Å²) in [4.78, 5) is 11.4. The number of amides is 1. The summed E-state index contributed by atoms with van der Waals surface area (Å²) < 4.78 is 0. The Morgan fingerprint density at radius 2 is 2.53 bits per heavy atom. The molecule has 6 nitrogen and oxygen atoms in total. The molecule has 0 spiro atoms. The van der Waals surface area contributed by atoms with E-state index < -0.39 is 0 Å². The summed E-state index contributed by atoms with van der Waals surface area (Å²) >= 11 is 0. The Morgan fingerprint density at radius 3 is 3.13 bits per heavy atom. The summed E-state index contributed by atoms with van der Waals surface area (Å²) in [5.74, 6) is 0.168. The SMILES string of the molecule is O=C(NCC1CCC(O)C1)c1cn[nH]n1. The van der Waals surface area contributed by atoms with Crippen LogP contribution in [-0.2, 0) is 0 Å². The van der Waals surface area contributed by atoms with E-state index in [2.05, 4.69) is 20.7 Å². The normalized spacial score (nSPS) is 25.4. The van der Waals surface area contributed by atoms with Gasteiger partial charge >= 0.3 is 0 Å². The van der Waals surface area contributed by atoms with Crippen LogP contribution >= 0.6 is 0 Å². The van der Waals surface area contributed by atoms with Crippen LogP contribution in [0.3, 0.4) is 0 Å². The minimum absolute atomic E-state index is 0.195. The van der Waals surface area contributed by atoms with Crippen LogP contribution in [0, 0.1) is 5.92 Å². The van der Waals surface area contributed by atoms with Gasteiger partial charge in [0, 0.05) is 6.54 Å². The van der Waals surface area contributed by atoms with E-state index >= 15 is 0 Å². The zero-order chi connectivity index (χ0) is 10.7. The molecule has 0 saturated heterocycles. The van der Waals surface area contributed by atoms with Crippen molar-refractivity contribution in [1.29, 1.82) is 0 Å². The van der Waals surface area contributed by atoms with Crippen molar-refractivity contribution < 1.29 is 9.90 Å². The molecule has 1 amide bonds. The van der Waals surface area contributed by atoms with Gasteiger partial charge in [0.1, 0.15) is 0 Å². The number of aliphatic hydroxyl groups is 1. The van der Waals surface area contributed by atoms with E-state index in [0.717, 1.165) is 19.3 Å². The third kappa shape index (κ3) is 2.53. The molecule has 3 N–H and O–H groups in total. The molecule has 1 aliphatic carbocycles. The van der Waals surface area contributed by atoms with Crippen LogP contribution in [-0.4, -0.2) is 39.1 Å². The van der Waals surface area contributed by atoms with Crippen LogP contribution in [0.25, 0.3) is 0 Å². The van der Waals surface area contributed by atoms with Gasteiger partial charge in [-0.15, -0.1) is 0 Å². The summed E-state index contributed by atoms with van der Waals surface area (Å²) in [6.07, 6.45) is 3.78. The predicted octanol–water partition coefficient (Wildman–Crippen LogP) is -0.305. The molecule has 2 unspecified atom stereocenters. The third-order valence-electron chi connectivity index (χ3n) is 2.71. The van der Waals surface area contributed by atoms with Crippen LogP contribution in [0.2, 0.25) is 0 Å². The molecule has 6 heteroatoms. The molecule has 1 saturated carbocycles. The van der Waals surface area contributed by atoms with Gasteiger partial charge in [0.15, 0.2) is 5.69 Å². The maximum atomic E-state index is 11.4. The number of hydrogen-bond acceptors (Lipinski definition) is 4. The molecular weight excluding hydrogens is 196 g/mol. The second kappa shape index (κ2) is 4.39. The van der Waals surface area contributed by atoms with E-state index in [0.29, 0.717) is 18.2 Å². The lowest BCUT2D eigenvalue weighted by Gasteiger charge is -2.09. The maximum absolute atomic E-state index is 11.4. The molecule has 1 aliphatic rings. The number of aromatic nitrogens is 3. The molecule has 0 bridgehead atoms. The van der Waals surface area contributed by atoms with Crippen molar-refractivity contribution in [3.8, 4) is 0 Å². The van der Waals surface area contributed by atoms with Crippen LogP contribution in [0.1, 0.15) is 29.8 Å². The highest BCUT2D eigenvalue weighted by Gasteiger charge is 2.23. The number of nitrogens with one attached hydrogen (secondary N) is 2. The zero-order valence-corrected chi connectivity index (χ0v) is 8.31. The van der Waals surface area contributed by atoms with Crippen LogP contribution in [0.15, 0.2) is 6.20 Å². The lowest BCUT2D eigenvalue weighted by molar-refractivity contribution is 0.0940. The van der Waals surface area contributed by atoms with Gasteiger partial charge in [0.2, 0.25) is 0 Å². The highest BCUT2D eigenvalue weighted by Crippen LogP contribution is 2.24. The monoisotopic (exact) mass is 210 g/mol. The Labute approximate surface area is 87.1 Å². The van der Waals surface area contributed by atoms with Gasteiger partial charge in [-0.05, 0) is 25.2 Å². The number of hydrogen-bond donors (Lipinski definition) is 3. The first kappa shape index (κ1) is 10.1. The number of aliphatic hydroxyl groups excluding tert-OH is 1. The van der Waals surface area contributed by atoms with Crippen molar-refractivity contribution in [2.24, 2.45) is 5.92 Å². The van der Waals surface area contributed by atoms with E-state index in [9.17, 15) is 9.90 Å². The fourth-order valence-electron chi connectivity index (χ4n) is 1.87. The number of carbonyl (C=O) groups is 1. The average molecular weight is 210 g/mol. The van der Waals surface area contributed by atoms with Gasteiger partial charge in [0.05, 0.1) is 12.3 Å². The molecule has 82 valence electrons. The molecule has 15 heavy (non-hydrogen) atoms. The minimum atomic E-state index is -0.217. The lowest BCUT2D eigenvalue weighted by atomic mass is 10.1. The van der Waals surface area contributed by atoms with Gasteiger partial charge < -0.3 is 10.4 Å². The summed E-state index contributed by atoms with van der Waals surface area (Å²) in [7, 11) is 0. The molecule has 1 fully saturated rings. The van der Waals surface area contributed by atoms with Gasteiger partial charge in [-0.25, -0.2) is 0 Å². The molecule has 2 atom stereocenters. The van der Waals surface area contributed by atoms with E-state index in [-0.39, 0.29) is 12.0 Å². The van der Waals surface area contributed by atoms with E-state index in [4.69, 9.17) is 0 Å². The number of H-pyrrole nitrogens is 1. The van der Waals surface area contributed by atoms with Crippen LogP contribution in [0.4, 0.5) is 0 Å². The van der Waals surface area contributed by atoms with Crippen molar-refractivity contribution in [3.05, 3.63) is 11.9 Å². The average Bonchev–Trinajstić information content (AvgIpc) is 2.84. The van der Waals surface area contributed by atoms with E-state index in [1.165, 1.54) is 6.20 Å². The van der Waals surface area contributed by atoms with Gasteiger partial charge in [-0.1, -0.05) is 0 Å². The molecule has 1 aromatic rings. The minimum Gasteiger partial charge on any atom is -0.393 e. The fraction of sp³-hybridized carbons (Fsp3) is 0.667. The topological polar surface area (TPSA) is 90.9 Å². The standard InChI is InChI=1S/C9H14N4O2/c14-7-2-1-6(3-7)4-10-9(15)8-5-11-13-12-8/h5-7,14H,1-4H2,(H,10,15)(H,11,12,13). The van der Waals surface area contributed by atoms with Crippen LogP contribution in [0.5, 0.6) is 0 Å². The van der Waals surface area contributed by atoms with Crippen molar-refractivity contribution in [3.63, 3.8) is 0 Å². The summed E-state index contributed by atoms with van der Waals surface area (Å²) in [6, 6.07) is 0. The molecule has 2 rings (SSSR count). The Morgan fingerprint density at radius 1 is 1.67 bits per heavy atom. The summed E-state index contributed by atoms with van der Waals surface area (Å²) in [5, 5.41) is 21.7. The first-order chi connectivity index (χ1) is 7.25. The third-order valence-corrected chi connectivity index (χ3v) is 2.71. The lowest BCUT2D eigenvalue weighted by Crippen LogP contribution is -2.28.